The van der Waals surface area contributed by atoms with Gasteiger partial charge in [0, 0.05) is 6.92 Å². The highest BCUT2D eigenvalue weighted by Gasteiger charge is 2.20. The first-order valence-electron chi connectivity index (χ1n) is 12.6. The number of carbonyl (C=O) groups excluding carboxylic acids is 1. The van der Waals surface area contributed by atoms with Gasteiger partial charge in [-0.2, -0.15) is 0 Å². The summed E-state index contributed by atoms with van der Waals surface area (Å²) in [7, 11) is 0. The Hall–Kier alpha value is -1.88. The number of hydrogen-bond acceptors (Lipinski definition) is 4. The van der Waals surface area contributed by atoms with Crippen molar-refractivity contribution >= 4 is 11.9 Å². The maximum atomic E-state index is 11.2. The van der Waals surface area contributed by atoms with E-state index in [2.05, 4.69) is 19.1 Å². The van der Waals surface area contributed by atoms with Gasteiger partial charge < -0.3 is 14.6 Å². The number of carboxylic acid groups (broad SMARTS) is 1. The Labute approximate surface area is 194 Å². The van der Waals surface area contributed by atoms with Crippen LogP contribution in [0.2, 0.25) is 0 Å². The summed E-state index contributed by atoms with van der Waals surface area (Å²) >= 11 is 0. The van der Waals surface area contributed by atoms with Crippen LogP contribution < -0.4 is 0 Å². The Morgan fingerprint density at radius 3 is 1.91 bits per heavy atom. The molecule has 1 N–H and O–H groups in total. The second-order valence-corrected chi connectivity index (χ2v) is 8.76. The maximum Gasteiger partial charge on any atom is 0.345 e. The minimum absolute atomic E-state index is 0.178. The Morgan fingerprint density at radius 1 is 0.812 bits per heavy atom. The fourth-order valence-electron chi connectivity index (χ4n) is 3.92. The molecule has 2 atom stereocenters. The molecule has 5 nitrogen and oxygen atoms in total. The van der Waals surface area contributed by atoms with Crippen LogP contribution in [0.4, 0.5) is 0 Å². The molecule has 0 saturated heterocycles. The smallest absolute Gasteiger partial charge is 0.345 e. The van der Waals surface area contributed by atoms with E-state index in [9.17, 15) is 14.7 Å². The number of hydrogen-bond donors (Lipinski definition) is 1. The third-order valence-electron chi connectivity index (χ3n) is 5.78. The minimum Gasteiger partial charge on any atom is -0.479 e. The van der Waals surface area contributed by atoms with Gasteiger partial charge in [-0.3, -0.25) is 4.79 Å². The fourth-order valence-corrected chi connectivity index (χ4v) is 3.92. The predicted octanol–water partition coefficient (Wildman–Crippen LogP) is 7.07. The molecule has 0 saturated carbocycles. The summed E-state index contributed by atoms with van der Waals surface area (Å²) in [6.45, 7) is 4.10. The number of rotatable bonds is 20. The van der Waals surface area contributed by atoms with Gasteiger partial charge in [-0.25, -0.2) is 4.79 Å². The average molecular weight is 449 g/mol. The summed E-state index contributed by atoms with van der Waals surface area (Å²) in [5, 5.41) is 9.19. The van der Waals surface area contributed by atoms with E-state index in [1.807, 2.05) is 18.2 Å². The van der Waals surface area contributed by atoms with Gasteiger partial charge in [-0.05, 0) is 31.2 Å². The number of esters is 1. The number of carbonyl (C=O) groups is 2. The highest BCUT2D eigenvalue weighted by Crippen LogP contribution is 2.19. The fraction of sp³-hybridized carbons (Fsp3) is 0.704. The number of benzene rings is 1. The standard InChI is InChI=1S/C27H44O5/c1-3-4-5-6-7-8-9-10-14-19-25(31-22-24-17-12-11-13-18-24)20-15-16-21-26(27(29)30)32-23(2)28/h11-13,17-18,25-26H,3-10,14-16,19-22H2,1-2H3,(H,29,30). The van der Waals surface area contributed by atoms with Crippen molar-refractivity contribution in [3.05, 3.63) is 35.9 Å². The zero-order valence-corrected chi connectivity index (χ0v) is 20.2. The van der Waals surface area contributed by atoms with Gasteiger partial charge in [-0.1, -0.05) is 101 Å². The molecule has 0 spiro atoms. The molecule has 0 fully saturated rings. The highest BCUT2D eigenvalue weighted by atomic mass is 16.6. The lowest BCUT2D eigenvalue weighted by atomic mass is 10.0. The van der Waals surface area contributed by atoms with Crippen molar-refractivity contribution in [1.29, 1.82) is 0 Å². The summed E-state index contributed by atoms with van der Waals surface area (Å²) in [6.07, 6.45) is 14.7. The molecule has 32 heavy (non-hydrogen) atoms. The first-order chi connectivity index (χ1) is 15.5. The SMILES string of the molecule is CCCCCCCCCCCC(CCCCC(OC(C)=O)C(=O)O)OCc1ccccc1. The van der Waals surface area contributed by atoms with Crippen LogP contribution in [-0.2, 0) is 25.7 Å². The van der Waals surface area contributed by atoms with Gasteiger partial charge in [0.2, 0.25) is 0 Å². The van der Waals surface area contributed by atoms with Crippen LogP contribution in [0.1, 0.15) is 109 Å². The first kappa shape index (κ1) is 28.2. The second-order valence-electron chi connectivity index (χ2n) is 8.76. The van der Waals surface area contributed by atoms with Crippen LogP contribution >= 0.6 is 0 Å². The molecule has 1 aromatic carbocycles. The summed E-state index contributed by atoms with van der Waals surface area (Å²) in [4.78, 5) is 22.3. The van der Waals surface area contributed by atoms with Crippen molar-refractivity contribution in [3.63, 3.8) is 0 Å². The zero-order chi connectivity index (χ0) is 23.4. The maximum absolute atomic E-state index is 11.2. The van der Waals surface area contributed by atoms with E-state index in [1.165, 1.54) is 70.3 Å². The number of carboxylic acids is 1. The Morgan fingerprint density at radius 2 is 1.34 bits per heavy atom. The van der Waals surface area contributed by atoms with Crippen LogP contribution in [0.15, 0.2) is 30.3 Å². The molecule has 0 radical (unpaired) electrons. The first-order valence-corrected chi connectivity index (χ1v) is 12.6. The lowest BCUT2D eigenvalue weighted by Crippen LogP contribution is -2.26. The number of aliphatic carboxylic acids is 1. The van der Waals surface area contributed by atoms with E-state index >= 15 is 0 Å². The van der Waals surface area contributed by atoms with Gasteiger partial charge in [0.05, 0.1) is 12.7 Å². The average Bonchev–Trinajstić information content (AvgIpc) is 2.78. The van der Waals surface area contributed by atoms with Crippen LogP contribution in [-0.4, -0.2) is 29.3 Å². The molecule has 5 heteroatoms. The lowest BCUT2D eigenvalue weighted by molar-refractivity contribution is -0.163. The molecule has 0 heterocycles. The molecular formula is C27H44O5. The van der Waals surface area contributed by atoms with E-state index in [4.69, 9.17) is 9.47 Å². The van der Waals surface area contributed by atoms with Crippen molar-refractivity contribution in [2.45, 2.75) is 123 Å². The molecule has 0 amide bonds. The van der Waals surface area contributed by atoms with Crippen LogP contribution in [0.5, 0.6) is 0 Å². The van der Waals surface area contributed by atoms with Crippen molar-refractivity contribution in [1.82, 2.24) is 0 Å². The van der Waals surface area contributed by atoms with Gasteiger partial charge in [0.25, 0.3) is 0 Å². The summed E-state index contributed by atoms with van der Waals surface area (Å²) in [5.74, 6) is -1.63. The zero-order valence-electron chi connectivity index (χ0n) is 20.2. The Kier molecular flexibility index (Phi) is 16.4. The molecule has 0 aliphatic rings. The third-order valence-corrected chi connectivity index (χ3v) is 5.78. The molecule has 1 rings (SSSR count). The third kappa shape index (κ3) is 15.0. The van der Waals surface area contributed by atoms with Gasteiger partial charge in [0.1, 0.15) is 0 Å². The largest absolute Gasteiger partial charge is 0.479 e. The van der Waals surface area contributed by atoms with Gasteiger partial charge >= 0.3 is 11.9 Å². The topological polar surface area (TPSA) is 72.8 Å². The Balaban J connectivity index is 2.33. The molecule has 0 aliphatic carbocycles. The molecule has 0 bridgehead atoms. The molecule has 1 aromatic rings. The molecule has 0 aliphatic heterocycles. The normalized spacial score (nSPS) is 12.9. The Bertz CT molecular complexity index is 601. The number of unbranched alkanes of at least 4 members (excludes halogenated alkanes) is 9. The van der Waals surface area contributed by atoms with E-state index in [1.54, 1.807) is 0 Å². The van der Waals surface area contributed by atoms with Crippen molar-refractivity contribution in [2.24, 2.45) is 0 Å². The minimum atomic E-state index is -1.08. The molecule has 182 valence electrons. The van der Waals surface area contributed by atoms with Crippen LogP contribution in [0, 0.1) is 0 Å². The van der Waals surface area contributed by atoms with E-state index in [-0.39, 0.29) is 6.10 Å². The lowest BCUT2D eigenvalue weighted by Gasteiger charge is -2.19. The monoisotopic (exact) mass is 448 g/mol. The van der Waals surface area contributed by atoms with E-state index in [0.29, 0.717) is 19.4 Å². The van der Waals surface area contributed by atoms with Gasteiger partial charge in [-0.15, -0.1) is 0 Å². The molecule has 0 aromatic heterocycles. The van der Waals surface area contributed by atoms with Crippen molar-refractivity contribution in [2.75, 3.05) is 0 Å². The summed E-state index contributed by atoms with van der Waals surface area (Å²) < 4.78 is 11.1. The molecular weight excluding hydrogens is 404 g/mol. The summed E-state index contributed by atoms with van der Waals surface area (Å²) in [5.41, 5.74) is 1.17. The van der Waals surface area contributed by atoms with Gasteiger partial charge in [0.15, 0.2) is 6.10 Å². The second kappa shape index (κ2) is 18.7. The van der Waals surface area contributed by atoms with Crippen LogP contribution in [0.3, 0.4) is 0 Å². The van der Waals surface area contributed by atoms with E-state index < -0.39 is 18.0 Å². The van der Waals surface area contributed by atoms with E-state index in [0.717, 1.165) is 19.3 Å². The predicted molar refractivity (Wildman–Crippen MR) is 129 cm³/mol. The summed E-state index contributed by atoms with van der Waals surface area (Å²) in [6, 6.07) is 10.2. The van der Waals surface area contributed by atoms with Crippen molar-refractivity contribution in [3.8, 4) is 0 Å². The van der Waals surface area contributed by atoms with Crippen LogP contribution in [0.25, 0.3) is 0 Å². The quantitative estimate of drug-likeness (QED) is 0.171. The van der Waals surface area contributed by atoms with Crippen molar-refractivity contribution < 1.29 is 24.2 Å². The molecule has 2 unspecified atom stereocenters. The number of ether oxygens (including phenoxy) is 2. The highest BCUT2D eigenvalue weighted by molar-refractivity contribution is 5.76.